The van der Waals surface area contributed by atoms with Crippen LogP contribution in [-0.2, 0) is 61.6 Å². The van der Waals surface area contributed by atoms with Crippen molar-refractivity contribution in [2.75, 3.05) is 0 Å². The summed E-state index contributed by atoms with van der Waals surface area (Å²) in [6.45, 7) is 0. The van der Waals surface area contributed by atoms with Crippen molar-refractivity contribution in [2.45, 2.75) is 0 Å². The molecule has 0 bridgehead atoms. The van der Waals surface area contributed by atoms with Gasteiger partial charge in [-0.05, 0) is 0 Å². The first-order valence-corrected chi connectivity index (χ1v) is 3.51. The third-order valence-electron chi connectivity index (χ3n) is 0. The van der Waals surface area contributed by atoms with Crippen LogP contribution in [0.15, 0.2) is 0 Å². The van der Waals surface area contributed by atoms with E-state index in [1.54, 1.807) is 0 Å². The quantitative estimate of drug-likeness (QED) is 0.286. The van der Waals surface area contributed by atoms with E-state index >= 15 is 0 Å². The third-order valence-corrected chi connectivity index (χ3v) is 0. The molecule has 0 aliphatic rings. The first-order valence-electron chi connectivity index (χ1n) is 2.11. The maximum absolute atomic E-state index is 8.74. The minimum absolute atomic E-state index is 0. The molecular weight excluding hydrogens is 404 g/mol. The topological polar surface area (TPSA) is 213 Å². The summed E-state index contributed by atoms with van der Waals surface area (Å²) in [5, 5.41) is 50.5. The van der Waals surface area contributed by atoms with Crippen LogP contribution in [0.2, 0.25) is 0 Å². The number of rotatable bonds is 0. The van der Waals surface area contributed by atoms with Crippen molar-refractivity contribution in [3.8, 4) is 0 Å². The molecule has 0 rings (SSSR count). The van der Waals surface area contributed by atoms with Gasteiger partial charge in [-0.15, -0.1) is 0 Å². The van der Waals surface area contributed by atoms with Gasteiger partial charge in [-0.25, -0.2) is 0 Å². The molecule has 0 amide bonds. The summed E-state index contributed by atoms with van der Waals surface area (Å²) in [6, 6.07) is 0. The van der Waals surface area contributed by atoms with E-state index in [-0.39, 0.29) is 51.2 Å². The summed E-state index contributed by atoms with van der Waals surface area (Å²) in [5.74, 6) is 0. The Morgan fingerprint density at radius 1 is 0.688 bits per heavy atom. The van der Waals surface area contributed by atoms with E-state index in [0.29, 0.717) is 0 Å². The molecule has 0 saturated heterocycles. The van der Waals surface area contributed by atoms with Crippen LogP contribution in [0.3, 0.4) is 0 Å². The predicted molar refractivity (Wildman–Crippen MR) is 25.7 cm³/mol. The van der Waals surface area contributed by atoms with E-state index in [1.807, 2.05) is 0 Å². The van der Waals surface area contributed by atoms with Crippen LogP contribution >= 0.6 is 0 Å². The van der Waals surface area contributed by atoms with Crippen LogP contribution < -0.4 is 30.1 Å². The van der Waals surface area contributed by atoms with Crippen molar-refractivity contribution in [2.24, 2.45) is 0 Å². The Kier molecular flexibility index (Phi) is 48.6. The van der Waals surface area contributed by atoms with Crippen molar-refractivity contribution in [1.82, 2.24) is 0 Å². The van der Waals surface area contributed by atoms with Gasteiger partial charge >= 0.3 is 61.6 Å². The zero-order valence-corrected chi connectivity index (χ0v) is 10.3. The summed E-state index contributed by atoms with van der Waals surface area (Å²) in [4.78, 5) is 0. The van der Waals surface area contributed by atoms with Crippen LogP contribution in [0.1, 0.15) is 0 Å². The van der Waals surface area contributed by atoms with E-state index in [4.69, 9.17) is 47.7 Å². The molecule has 107 valence electrons. The fourth-order valence-corrected chi connectivity index (χ4v) is 0. The number of hydrogen-bond donors (Lipinski definition) is 2. The Hall–Kier alpha value is 1.32. The van der Waals surface area contributed by atoms with E-state index in [2.05, 4.69) is 0 Å². The molecule has 2 N–H and O–H groups in total. The van der Waals surface area contributed by atoms with Crippen molar-refractivity contribution in [3.05, 3.63) is 0 Å². The van der Waals surface area contributed by atoms with Crippen molar-refractivity contribution >= 4 is 25.0 Å². The first kappa shape index (κ1) is 36.0. The number of hydrogen-bond acceptors (Lipinski definition) is 8. The maximum atomic E-state index is 8.74. The largest absolute Gasteiger partial charge is 2.00 e. The molecular formula is H2B2Cu3O10S. The summed E-state index contributed by atoms with van der Waals surface area (Å²) in [7, 11) is -10.5. The Balaban J connectivity index is -0.0000000216. The fourth-order valence-electron chi connectivity index (χ4n) is 0. The van der Waals surface area contributed by atoms with Crippen molar-refractivity contribution in [1.29, 1.82) is 0 Å². The van der Waals surface area contributed by atoms with Gasteiger partial charge < -0.3 is 30.1 Å². The Labute approximate surface area is 123 Å². The molecule has 0 fully saturated rings. The second-order valence-corrected chi connectivity index (χ2v) is 1.92. The second kappa shape index (κ2) is 21.6. The summed E-state index contributed by atoms with van der Waals surface area (Å²) in [6.07, 6.45) is 0. The SMILES string of the molecule is O=S(=O)(O)O.[Cu+2].[Cu+2].[Cu+2].[O-]B([O-])[O-].[O-]B([O-])[O-]. The molecule has 16 heteroatoms. The van der Waals surface area contributed by atoms with Gasteiger partial charge in [-0.2, -0.15) is 8.42 Å². The van der Waals surface area contributed by atoms with Gasteiger partial charge in [-0.3, -0.25) is 23.7 Å². The minimum atomic E-state index is -4.67. The molecule has 10 nitrogen and oxygen atoms in total. The molecule has 0 saturated carbocycles. The van der Waals surface area contributed by atoms with Gasteiger partial charge in [0.1, 0.15) is 0 Å². The normalized spacial score (nSPS) is 7.00. The molecule has 0 spiro atoms. The molecule has 16 heavy (non-hydrogen) atoms. The molecule has 0 aromatic heterocycles. The average molecular weight is 406 g/mol. The van der Waals surface area contributed by atoms with Gasteiger partial charge in [0.05, 0.1) is 0 Å². The summed E-state index contributed by atoms with van der Waals surface area (Å²) < 4.78 is 31.6. The zero-order valence-electron chi connectivity index (χ0n) is 6.63. The van der Waals surface area contributed by atoms with Gasteiger partial charge in [0.25, 0.3) is 0 Å². The Bertz CT molecular complexity index is 159. The molecule has 0 aromatic carbocycles. The predicted octanol–water partition coefficient (Wildman–Crippen LogP) is -8.56. The van der Waals surface area contributed by atoms with Crippen LogP contribution in [0, 0.1) is 0 Å². The molecule has 0 aliphatic carbocycles. The third kappa shape index (κ3) is 1810. The monoisotopic (exact) mass is 405 g/mol. The van der Waals surface area contributed by atoms with E-state index in [0.717, 1.165) is 0 Å². The van der Waals surface area contributed by atoms with Crippen molar-refractivity contribution < 1.29 is 98.9 Å². The average Bonchev–Trinajstić information content (AvgIpc) is 1.50. The molecule has 0 heterocycles. The van der Waals surface area contributed by atoms with E-state index in [9.17, 15) is 0 Å². The van der Waals surface area contributed by atoms with Crippen LogP contribution in [0.5, 0.6) is 0 Å². The van der Waals surface area contributed by atoms with E-state index < -0.39 is 25.0 Å². The van der Waals surface area contributed by atoms with Gasteiger partial charge in [0.15, 0.2) is 0 Å². The molecule has 0 unspecified atom stereocenters. The second-order valence-electron chi connectivity index (χ2n) is 1.03. The van der Waals surface area contributed by atoms with Gasteiger partial charge in [0, 0.05) is 0 Å². The van der Waals surface area contributed by atoms with Gasteiger partial charge in [-0.1, -0.05) is 0 Å². The van der Waals surface area contributed by atoms with Crippen LogP contribution in [0.4, 0.5) is 0 Å². The first-order chi connectivity index (χ1) is 5.46. The van der Waals surface area contributed by atoms with E-state index in [1.165, 1.54) is 0 Å². The van der Waals surface area contributed by atoms with Crippen molar-refractivity contribution in [3.63, 3.8) is 0 Å². The molecule has 0 aromatic rings. The van der Waals surface area contributed by atoms with Gasteiger partial charge in [0.2, 0.25) is 0 Å². The van der Waals surface area contributed by atoms with Crippen LogP contribution in [-0.4, -0.2) is 32.2 Å². The van der Waals surface area contributed by atoms with Crippen LogP contribution in [0.25, 0.3) is 0 Å². The summed E-state index contributed by atoms with van der Waals surface area (Å²) >= 11 is 0. The standard InChI is InChI=1S/2BO3.3Cu.H2O4S/c2*2-1(3)4;;;;1-5(2,3)4/h;;;;;(H2,1,2,3,4)/q2*-3;3*+2;. The zero-order chi connectivity index (χ0) is 11.7. The maximum Gasteiger partial charge on any atom is 2.00 e. The fraction of sp³-hybridized carbons (Fsp3) is 0. The molecule has 0 aliphatic heterocycles. The Morgan fingerprint density at radius 2 is 0.688 bits per heavy atom. The molecule has 0 atom stereocenters. The minimum Gasteiger partial charge on any atom is -0.907 e. The smallest absolute Gasteiger partial charge is 0.907 e. The molecule has 3 radical (unpaired) electrons. The Morgan fingerprint density at radius 3 is 0.688 bits per heavy atom. The summed E-state index contributed by atoms with van der Waals surface area (Å²) in [5.41, 5.74) is 0.